The van der Waals surface area contributed by atoms with Crippen LogP contribution >= 0.6 is 23.5 Å². The summed E-state index contributed by atoms with van der Waals surface area (Å²) in [6.45, 7) is 1.75. The number of aliphatic imine (C=N–C) groups is 1. The lowest BCUT2D eigenvalue weighted by Gasteiger charge is -2.17. The molecule has 3 aliphatic rings. The molecule has 1 aliphatic carbocycles. The maximum Gasteiger partial charge on any atom is 0.329 e. The fraction of sp³-hybridized carbons (Fsp3) is 0.625. The molecule has 0 radical (unpaired) electrons. The van der Waals surface area contributed by atoms with E-state index in [1.54, 1.807) is 23.5 Å². The van der Waals surface area contributed by atoms with Gasteiger partial charge in [-0.3, -0.25) is 10.3 Å². The summed E-state index contributed by atoms with van der Waals surface area (Å²) >= 11 is 3.28. The van der Waals surface area contributed by atoms with E-state index in [2.05, 4.69) is 41.5 Å². The van der Waals surface area contributed by atoms with Crippen molar-refractivity contribution in [2.45, 2.75) is 30.3 Å². The molecule has 0 amide bonds. The van der Waals surface area contributed by atoms with E-state index >= 15 is 0 Å². The molecule has 2 unspecified atom stereocenters. The lowest BCUT2D eigenvalue weighted by atomic mass is 10.1. The minimum atomic E-state index is -0.841. The molecule has 0 bridgehead atoms. The summed E-state index contributed by atoms with van der Waals surface area (Å²) < 4.78 is 5.85. The van der Waals surface area contributed by atoms with E-state index in [1.807, 2.05) is 0 Å². The highest BCUT2D eigenvalue weighted by molar-refractivity contribution is 8.17. The Balaban J connectivity index is 1.53. The van der Waals surface area contributed by atoms with E-state index in [0.29, 0.717) is 11.8 Å². The zero-order chi connectivity index (χ0) is 17.1. The second-order valence-corrected chi connectivity index (χ2v) is 8.46. The van der Waals surface area contributed by atoms with Gasteiger partial charge in [0.15, 0.2) is 6.04 Å². The van der Waals surface area contributed by atoms with Gasteiger partial charge < -0.3 is 14.7 Å². The van der Waals surface area contributed by atoms with E-state index in [1.165, 1.54) is 4.91 Å². The third-order valence-electron chi connectivity index (χ3n) is 3.99. The summed E-state index contributed by atoms with van der Waals surface area (Å²) in [5.74, 6) is 0.637. The standard InChI is InChI=1S/C16H23N3O3S2/c1-19(2)6-3-7-22-10-4-5-11-13(8-10)24-15(17-11)14-18-12(9-23-14)16(20)21/h4,8,11-12,15,17H,3,5-7,9H2,1-2H3,(H,20,21)/t11?,12-,15?/m1/s1. The van der Waals surface area contributed by atoms with E-state index in [4.69, 9.17) is 9.84 Å². The Morgan fingerprint density at radius 1 is 1.54 bits per heavy atom. The number of carbonyl (C=O) groups is 1. The number of thioether (sulfide) groups is 2. The first-order valence-electron chi connectivity index (χ1n) is 8.08. The van der Waals surface area contributed by atoms with E-state index in [9.17, 15) is 4.79 Å². The topological polar surface area (TPSA) is 74.2 Å². The molecule has 2 heterocycles. The second-order valence-electron chi connectivity index (χ2n) is 6.24. The average molecular weight is 370 g/mol. The van der Waals surface area contributed by atoms with Gasteiger partial charge in [0.1, 0.15) is 11.1 Å². The van der Waals surface area contributed by atoms with E-state index < -0.39 is 12.0 Å². The smallest absolute Gasteiger partial charge is 0.329 e. The van der Waals surface area contributed by atoms with Crippen molar-refractivity contribution in [3.8, 4) is 0 Å². The van der Waals surface area contributed by atoms with Gasteiger partial charge in [-0.15, -0.1) is 23.5 Å². The van der Waals surface area contributed by atoms with Crippen LogP contribution in [0.15, 0.2) is 27.8 Å². The summed E-state index contributed by atoms with van der Waals surface area (Å²) in [7, 11) is 4.12. The van der Waals surface area contributed by atoms with Crippen LogP contribution in [-0.4, -0.2) is 71.5 Å². The first kappa shape index (κ1) is 17.8. The number of carboxylic acids is 1. The van der Waals surface area contributed by atoms with E-state index in [-0.39, 0.29) is 5.37 Å². The Morgan fingerprint density at radius 3 is 3.08 bits per heavy atom. The molecule has 24 heavy (non-hydrogen) atoms. The predicted octanol–water partition coefficient (Wildman–Crippen LogP) is 1.76. The number of carboxylic acid groups (broad SMARTS) is 1. The molecule has 0 aromatic heterocycles. The molecule has 6 nitrogen and oxygen atoms in total. The molecule has 1 fully saturated rings. The number of fused-ring (bicyclic) bond motifs is 1. The fourth-order valence-corrected chi connectivity index (χ4v) is 5.22. The van der Waals surface area contributed by atoms with Crippen molar-refractivity contribution < 1.29 is 14.6 Å². The van der Waals surface area contributed by atoms with Crippen LogP contribution in [0.5, 0.6) is 0 Å². The monoisotopic (exact) mass is 369 g/mol. The third-order valence-corrected chi connectivity index (χ3v) is 6.53. The third kappa shape index (κ3) is 4.36. The summed E-state index contributed by atoms with van der Waals surface area (Å²) in [6.07, 6.45) is 6.15. The number of nitrogens with zero attached hydrogens (tertiary/aromatic N) is 2. The molecule has 0 aromatic carbocycles. The van der Waals surface area contributed by atoms with Gasteiger partial charge in [0.05, 0.1) is 11.7 Å². The molecule has 2 N–H and O–H groups in total. The lowest BCUT2D eigenvalue weighted by Crippen LogP contribution is -2.33. The minimum Gasteiger partial charge on any atom is -0.494 e. The van der Waals surface area contributed by atoms with Gasteiger partial charge in [-0.1, -0.05) is 0 Å². The summed E-state index contributed by atoms with van der Waals surface area (Å²) in [5, 5.41) is 13.6. The number of hydrogen-bond acceptors (Lipinski definition) is 7. The molecule has 132 valence electrons. The van der Waals surface area contributed by atoms with Gasteiger partial charge >= 0.3 is 5.97 Å². The van der Waals surface area contributed by atoms with Crippen LogP contribution in [0.25, 0.3) is 0 Å². The normalized spacial score (nSPS) is 29.1. The van der Waals surface area contributed by atoms with Crippen molar-refractivity contribution in [3.63, 3.8) is 0 Å². The van der Waals surface area contributed by atoms with Crippen LogP contribution < -0.4 is 5.32 Å². The van der Waals surface area contributed by atoms with Gasteiger partial charge in [-0.2, -0.15) is 0 Å². The molecule has 2 aliphatic heterocycles. The molecule has 0 spiro atoms. The maximum atomic E-state index is 11.0. The summed E-state index contributed by atoms with van der Waals surface area (Å²) in [4.78, 5) is 18.8. The van der Waals surface area contributed by atoms with Crippen molar-refractivity contribution in [3.05, 3.63) is 22.8 Å². The Hall–Kier alpha value is -0.960. The number of nitrogens with one attached hydrogen (secondary N) is 1. The Bertz CT molecular complexity index is 589. The van der Waals surface area contributed by atoms with Crippen molar-refractivity contribution in [2.24, 2.45) is 4.99 Å². The molecule has 8 heteroatoms. The van der Waals surface area contributed by atoms with Crippen LogP contribution in [0.2, 0.25) is 0 Å². The highest BCUT2D eigenvalue weighted by Gasteiger charge is 2.37. The number of ether oxygens (including phenoxy) is 1. The number of allylic oxidation sites excluding steroid dienone is 1. The zero-order valence-corrected chi connectivity index (χ0v) is 15.5. The highest BCUT2D eigenvalue weighted by atomic mass is 32.2. The molecular formula is C16H23N3O3S2. The Morgan fingerprint density at radius 2 is 2.38 bits per heavy atom. The average Bonchev–Trinajstić information content (AvgIpc) is 3.17. The van der Waals surface area contributed by atoms with Crippen molar-refractivity contribution in [1.29, 1.82) is 0 Å². The summed E-state index contributed by atoms with van der Waals surface area (Å²) in [6, 6.07) is -0.306. The molecule has 3 rings (SSSR count). The van der Waals surface area contributed by atoms with Crippen LogP contribution in [0.1, 0.15) is 12.8 Å². The maximum absolute atomic E-state index is 11.0. The van der Waals surface area contributed by atoms with Gasteiger partial charge in [-0.05, 0) is 39.1 Å². The number of aliphatic carboxylic acids is 1. The molecule has 0 saturated carbocycles. The van der Waals surface area contributed by atoms with Crippen molar-refractivity contribution in [1.82, 2.24) is 10.2 Å². The van der Waals surface area contributed by atoms with Crippen LogP contribution in [0.4, 0.5) is 0 Å². The van der Waals surface area contributed by atoms with Gasteiger partial charge in [0, 0.05) is 23.2 Å². The van der Waals surface area contributed by atoms with Gasteiger partial charge in [0.2, 0.25) is 0 Å². The molecule has 1 saturated heterocycles. The molecule has 0 aromatic rings. The van der Waals surface area contributed by atoms with Crippen molar-refractivity contribution in [2.75, 3.05) is 33.0 Å². The minimum absolute atomic E-state index is 0.0668. The van der Waals surface area contributed by atoms with Crippen LogP contribution in [0, 0.1) is 0 Å². The molecule has 3 atom stereocenters. The molecular weight excluding hydrogens is 346 g/mol. The Labute approximate surface area is 150 Å². The quantitative estimate of drug-likeness (QED) is 0.662. The fourth-order valence-electron chi connectivity index (χ4n) is 2.72. The number of hydrogen-bond donors (Lipinski definition) is 2. The zero-order valence-electron chi connectivity index (χ0n) is 13.9. The van der Waals surface area contributed by atoms with Gasteiger partial charge in [-0.25, -0.2) is 4.79 Å². The number of rotatable bonds is 7. The van der Waals surface area contributed by atoms with Gasteiger partial charge in [0.25, 0.3) is 0 Å². The first-order chi connectivity index (χ1) is 11.5. The highest BCUT2D eigenvalue weighted by Crippen LogP contribution is 2.40. The van der Waals surface area contributed by atoms with Crippen molar-refractivity contribution >= 4 is 34.5 Å². The first-order valence-corrected chi connectivity index (χ1v) is 9.95. The Kier molecular flexibility index (Phi) is 5.91. The lowest BCUT2D eigenvalue weighted by molar-refractivity contribution is -0.137. The predicted molar refractivity (Wildman–Crippen MR) is 99.5 cm³/mol. The largest absolute Gasteiger partial charge is 0.494 e. The SMILES string of the molecule is CN(C)CCCOC1=CCC2NC(C3=N[C@@H](C(=O)O)CS3)SC2=C1. The van der Waals surface area contributed by atoms with Crippen LogP contribution in [-0.2, 0) is 9.53 Å². The van der Waals surface area contributed by atoms with E-state index in [0.717, 1.165) is 36.8 Å². The summed E-state index contributed by atoms with van der Waals surface area (Å²) in [5.41, 5.74) is 0. The van der Waals surface area contributed by atoms with Crippen LogP contribution in [0.3, 0.4) is 0 Å². The second kappa shape index (κ2) is 7.95.